The van der Waals surface area contributed by atoms with Crippen molar-refractivity contribution in [1.29, 1.82) is 0 Å². The van der Waals surface area contributed by atoms with E-state index >= 15 is 0 Å². The van der Waals surface area contributed by atoms with Crippen LogP contribution in [0.15, 0.2) is 30.3 Å². The first-order chi connectivity index (χ1) is 7.27. The van der Waals surface area contributed by atoms with Crippen LogP contribution < -0.4 is 0 Å². The molecule has 0 heterocycles. The maximum absolute atomic E-state index is 10.8. The number of hydrogen-bond acceptors (Lipinski definition) is 1. The van der Waals surface area contributed by atoms with E-state index in [9.17, 15) is 4.79 Å². The van der Waals surface area contributed by atoms with Gasteiger partial charge in [-0.15, -0.1) is 0 Å². The molecule has 84 valence electrons. The molecule has 1 saturated carbocycles. The van der Waals surface area contributed by atoms with Gasteiger partial charge in [0.2, 0.25) is 0 Å². The monoisotopic (exact) mass is 246 g/mol. The van der Waals surface area contributed by atoms with Crippen LogP contribution in [0, 0.1) is 5.92 Å². The van der Waals surface area contributed by atoms with Crippen LogP contribution in [0.3, 0.4) is 0 Å². The zero-order chi connectivity index (χ0) is 10.7. The van der Waals surface area contributed by atoms with Crippen LogP contribution in [0.1, 0.15) is 40.0 Å². The van der Waals surface area contributed by atoms with E-state index in [-0.39, 0.29) is 46.5 Å². The standard InChI is InChI=1S/C13H16O2.Ca.2H/c14-13(15)12-8-6-11(7-9-12)10-4-2-1-3-5-10;;;/h1-5,11-12H,6-9H2,(H,14,15);;;/q;+2;2*-1. The van der Waals surface area contributed by atoms with E-state index in [1.807, 2.05) is 6.07 Å². The van der Waals surface area contributed by atoms with Crippen LogP contribution >= 0.6 is 0 Å². The second-order valence-electron chi connectivity index (χ2n) is 4.30. The van der Waals surface area contributed by atoms with E-state index in [1.165, 1.54) is 5.56 Å². The maximum atomic E-state index is 10.8. The molecule has 0 spiro atoms. The zero-order valence-corrected chi connectivity index (χ0v) is 11.6. The smallest absolute Gasteiger partial charge is 1.00 e. The fourth-order valence-electron chi connectivity index (χ4n) is 2.40. The molecule has 1 aliphatic carbocycles. The summed E-state index contributed by atoms with van der Waals surface area (Å²) in [6, 6.07) is 10.4. The number of benzene rings is 1. The second-order valence-corrected chi connectivity index (χ2v) is 4.30. The molecule has 3 heteroatoms. The van der Waals surface area contributed by atoms with Crippen LogP contribution in [0.25, 0.3) is 0 Å². The molecule has 1 aromatic carbocycles. The quantitative estimate of drug-likeness (QED) is 0.815. The van der Waals surface area contributed by atoms with Crippen molar-refractivity contribution >= 4 is 43.7 Å². The van der Waals surface area contributed by atoms with Gasteiger partial charge in [-0.1, -0.05) is 30.3 Å². The number of carbonyl (C=O) groups is 1. The van der Waals surface area contributed by atoms with Crippen LogP contribution in [0.2, 0.25) is 0 Å². The molecule has 16 heavy (non-hydrogen) atoms. The van der Waals surface area contributed by atoms with Crippen molar-refractivity contribution in [3.63, 3.8) is 0 Å². The number of hydrogen-bond donors (Lipinski definition) is 1. The van der Waals surface area contributed by atoms with Gasteiger partial charge in [0.15, 0.2) is 0 Å². The first-order valence-electron chi connectivity index (χ1n) is 5.55. The first kappa shape index (κ1) is 14.0. The van der Waals surface area contributed by atoms with Gasteiger partial charge in [-0.05, 0) is 37.2 Å². The molecule has 2 nitrogen and oxygen atoms in total. The molecule has 0 radical (unpaired) electrons. The van der Waals surface area contributed by atoms with Crippen molar-refractivity contribution in [1.82, 2.24) is 0 Å². The van der Waals surface area contributed by atoms with Crippen molar-refractivity contribution in [3.8, 4) is 0 Å². The summed E-state index contributed by atoms with van der Waals surface area (Å²) in [5, 5.41) is 8.90. The molecule has 0 saturated heterocycles. The summed E-state index contributed by atoms with van der Waals surface area (Å²) in [5.41, 5.74) is 1.36. The van der Waals surface area contributed by atoms with Gasteiger partial charge in [-0.2, -0.15) is 0 Å². The van der Waals surface area contributed by atoms with E-state index in [0.29, 0.717) is 5.92 Å². The van der Waals surface area contributed by atoms with Gasteiger partial charge >= 0.3 is 43.7 Å². The number of rotatable bonds is 2. The minimum atomic E-state index is -0.624. The van der Waals surface area contributed by atoms with E-state index in [4.69, 9.17) is 5.11 Å². The molecule has 1 aliphatic rings. The third-order valence-corrected chi connectivity index (χ3v) is 3.35. The second kappa shape index (κ2) is 6.63. The van der Waals surface area contributed by atoms with E-state index in [1.54, 1.807) is 0 Å². The molecule has 0 atom stereocenters. The van der Waals surface area contributed by atoms with Gasteiger partial charge in [0.1, 0.15) is 0 Å². The Morgan fingerprint density at radius 3 is 2.19 bits per heavy atom. The van der Waals surface area contributed by atoms with Crippen LogP contribution in [0.4, 0.5) is 0 Å². The zero-order valence-electron chi connectivity index (χ0n) is 11.4. The summed E-state index contributed by atoms with van der Waals surface area (Å²) < 4.78 is 0. The molecular formula is C13H18CaO2. The SMILES string of the molecule is O=C(O)C1CCC(c2ccccc2)CC1.[Ca+2].[H-].[H-]. The van der Waals surface area contributed by atoms with Gasteiger partial charge in [0.25, 0.3) is 0 Å². The Balaban J connectivity index is 0. The van der Waals surface area contributed by atoms with Crippen LogP contribution in [-0.4, -0.2) is 48.8 Å². The van der Waals surface area contributed by atoms with Gasteiger partial charge < -0.3 is 7.96 Å². The van der Waals surface area contributed by atoms with Gasteiger partial charge in [-0.25, -0.2) is 0 Å². The number of carboxylic acid groups (broad SMARTS) is 1. The van der Waals surface area contributed by atoms with Crippen molar-refractivity contribution in [2.24, 2.45) is 5.92 Å². The van der Waals surface area contributed by atoms with Gasteiger partial charge in [0.05, 0.1) is 5.92 Å². The van der Waals surface area contributed by atoms with E-state index in [2.05, 4.69) is 24.3 Å². The normalized spacial score (nSPS) is 24.5. The van der Waals surface area contributed by atoms with E-state index in [0.717, 1.165) is 25.7 Å². The predicted octanol–water partition coefficient (Wildman–Crippen LogP) is 2.89. The average molecular weight is 246 g/mol. The third-order valence-electron chi connectivity index (χ3n) is 3.35. The molecule has 2 rings (SSSR count). The number of carboxylic acids is 1. The van der Waals surface area contributed by atoms with Crippen molar-refractivity contribution in [2.45, 2.75) is 31.6 Å². The van der Waals surface area contributed by atoms with Crippen molar-refractivity contribution in [2.75, 3.05) is 0 Å². The molecule has 0 aromatic heterocycles. The Kier molecular flexibility index (Phi) is 5.81. The van der Waals surface area contributed by atoms with E-state index < -0.39 is 5.97 Å². The molecule has 1 N–H and O–H groups in total. The Bertz CT molecular complexity index is 338. The molecule has 0 unspecified atom stereocenters. The summed E-state index contributed by atoms with van der Waals surface area (Å²) in [4.78, 5) is 10.8. The molecule has 1 aromatic rings. The molecule has 0 bridgehead atoms. The largest absolute Gasteiger partial charge is 2.00 e. The summed E-state index contributed by atoms with van der Waals surface area (Å²) in [6.07, 6.45) is 3.69. The Labute approximate surface area is 129 Å². The molecule has 0 amide bonds. The Hall–Kier alpha value is -0.0503. The topological polar surface area (TPSA) is 37.3 Å². The summed E-state index contributed by atoms with van der Waals surface area (Å²) in [5.74, 6) is -0.159. The van der Waals surface area contributed by atoms with Crippen LogP contribution in [-0.2, 0) is 4.79 Å². The van der Waals surface area contributed by atoms with Crippen LogP contribution in [0.5, 0.6) is 0 Å². The Morgan fingerprint density at radius 1 is 1.12 bits per heavy atom. The molecular weight excluding hydrogens is 228 g/mol. The minimum Gasteiger partial charge on any atom is -1.00 e. The Morgan fingerprint density at radius 2 is 1.69 bits per heavy atom. The molecule has 0 aliphatic heterocycles. The summed E-state index contributed by atoms with van der Waals surface area (Å²) in [6.45, 7) is 0. The molecule has 1 fully saturated rings. The average Bonchev–Trinajstić information content (AvgIpc) is 2.30. The first-order valence-corrected chi connectivity index (χ1v) is 5.55. The van der Waals surface area contributed by atoms with Crippen molar-refractivity contribution in [3.05, 3.63) is 35.9 Å². The summed E-state index contributed by atoms with van der Waals surface area (Å²) in [7, 11) is 0. The fraction of sp³-hybridized carbons (Fsp3) is 0.462. The minimum absolute atomic E-state index is 0. The fourth-order valence-corrected chi connectivity index (χ4v) is 2.40. The number of aliphatic carboxylic acids is 1. The van der Waals surface area contributed by atoms with Crippen molar-refractivity contribution < 1.29 is 12.8 Å². The maximum Gasteiger partial charge on any atom is 2.00 e. The third kappa shape index (κ3) is 3.47. The predicted molar refractivity (Wildman–Crippen MR) is 66.8 cm³/mol. The van der Waals surface area contributed by atoms with Gasteiger partial charge in [0, 0.05) is 0 Å². The summed E-state index contributed by atoms with van der Waals surface area (Å²) >= 11 is 0. The van der Waals surface area contributed by atoms with Gasteiger partial charge in [-0.3, -0.25) is 4.79 Å².